The molecule has 0 aromatic carbocycles. The standard InChI is InChI=1S/C26H33N5O2.CH4O/c1-17-11-18(2)16-31(15-17)24-8-6-7-21(30-24)22-10-9-19-13-27-20(12-23(19)29-22)14-28-25(32)33-26(3,4)5;1-2/h6-10,12-13,17-18H,11,14-16H2,1-5H3,(H,28,32);2H,1H3. The van der Waals surface area contributed by atoms with E-state index < -0.39 is 11.7 Å². The average Bonchev–Trinajstić information content (AvgIpc) is 2.82. The van der Waals surface area contributed by atoms with Crippen LogP contribution in [0.4, 0.5) is 10.6 Å². The first kappa shape index (κ1) is 26.3. The smallest absolute Gasteiger partial charge is 0.407 e. The zero-order valence-electron chi connectivity index (χ0n) is 21.6. The number of ether oxygens (including phenoxy) is 1. The van der Waals surface area contributed by atoms with Gasteiger partial charge in [-0.2, -0.15) is 0 Å². The molecule has 0 bridgehead atoms. The maximum atomic E-state index is 11.9. The first-order valence-corrected chi connectivity index (χ1v) is 12.1. The van der Waals surface area contributed by atoms with Crippen LogP contribution in [0.5, 0.6) is 0 Å². The van der Waals surface area contributed by atoms with E-state index in [0.717, 1.165) is 54.0 Å². The second-order valence-corrected chi connectivity index (χ2v) is 10.2. The fourth-order valence-corrected chi connectivity index (χ4v) is 4.37. The van der Waals surface area contributed by atoms with Crippen LogP contribution in [0.25, 0.3) is 22.3 Å². The van der Waals surface area contributed by atoms with Crippen molar-refractivity contribution in [2.24, 2.45) is 11.8 Å². The van der Waals surface area contributed by atoms with E-state index in [9.17, 15) is 4.79 Å². The van der Waals surface area contributed by atoms with Crippen molar-refractivity contribution in [1.82, 2.24) is 20.3 Å². The third kappa shape index (κ3) is 7.36. The van der Waals surface area contributed by atoms with Crippen LogP contribution in [0.3, 0.4) is 0 Å². The number of piperidine rings is 1. The maximum Gasteiger partial charge on any atom is 0.407 e. The van der Waals surface area contributed by atoms with Crippen molar-refractivity contribution in [3.8, 4) is 11.4 Å². The minimum atomic E-state index is -0.539. The number of amides is 1. The fraction of sp³-hybridized carbons (Fsp3) is 0.481. The van der Waals surface area contributed by atoms with Crippen LogP contribution in [0.2, 0.25) is 0 Å². The van der Waals surface area contributed by atoms with Crippen LogP contribution in [-0.2, 0) is 11.3 Å². The summed E-state index contributed by atoms with van der Waals surface area (Å²) < 4.78 is 5.29. The Labute approximate surface area is 207 Å². The minimum Gasteiger partial charge on any atom is -0.444 e. The van der Waals surface area contributed by atoms with Gasteiger partial charge in [0.1, 0.15) is 11.4 Å². The van der Waals surface area contributed by atoms with Crippen LogP contribution in [-0.4, -0.2) is 52.0 Å². The number of hydrogen-bond donors (Lipinski definition) is 2. The Balaban J connectivity index is 0.00000167. The maximum absolute atomic E-state index is 11.9. The summed E-state index contributed by atoms with van der Waals surface area (Å²) in [7, 11) is 1.00. The van der Waals surface area contributed by atoms with Gasteiger partial charge in [-0.15, -0.1) is 0 Å². The highest BCUT2D eigenvalue weighted by Gasteiger charge is 2.23. The molecule has 3 aromatic rings. The molecule has 2 atom stereocenters. The van der Waals surface area contributed by atoms with Crippen LogP contribution >= 0.6 is 0 Å². The number of hydrogen-bond acceptors (Lipinski definition) is 7. The van der Waals surface area contributed by atoms with Gasteiger partial charge in [-0.3, -0.25) is 4.98 Å². The Morgan fingerprint density at radius 1 is 1.09 bits per heavy atom. The highest BCUT2D eigenvalue weighted by molar-refractivity contribution is 5.81. The van der Waals surface area contributed by atoms with E-state index in [-0.39, 0.29) is 6.54 Å². The number of nitrogens with zero attached hydrogens (tertiary/aromatic N) is 4. The van der Waals surface area contributed by atoms with E-state index in [2.05, 4.69) is 41.2 Å². The summed E-state index contributed by atoms with van der Waals surface area (Å²) in [4.78, 5) is 28.5. The van der Waals surface area contributed by atoms with Gasteiger partial charge in [0.05, 0.1) is 29.1 Å². The Kier molecular flexibility index (Phi) is 8.62. The number of pyridine rings is 3. The van der Waals surface area contributed by atoms with Gasteiger partial charge in [-0.1, -0.05) is 19.9 Å². The molecule has 0 radical (unpaired) electrons. The first-order valence-electron chi connectivity index (χ1n) is 12.1. The average molecular weight is 480 g/mol. The molecule has 1 fully saturated rings. The predicted molar refractivity (Wildman–Crippen MR) is 139 cm³/mol. The predicted octanol–water partition coefficient (Wildman–Crippen LogP) is 4.81. The van der Waals surface area contributed by atoms with Crippen molar-refractivity contribution in [1.29, 1.82) is 0 Å². The molecular weight excluding hydrogens is 442 g/mol. The molecule has 35 heavy (non-hydrogen) atoms. The molecule has 3 aromatic heterocycles. The molecule has 2 N–H and O–H groups in total. The quantitative estimate of drug-likeness (QED) is 0.554. The van der Waals surface area contributed by atoms with Gasteiger partial charge in [-0.25, -0.2) is 14.8 Å². The number of fused-ring (bicyclic) bond motifs is 1. The highest BCUT2D eigenvalue weighted by Crippen LogP contribution is 2.27. The molecule has 0 saturated carbocycles. The molecule has 0 aliphatic carbocycles. The Morgan fingerprint density at radius 2 is 1.77 bits per heavy atom. The van der Waals surface area contributed by atoms with Crippen molar-refractivity contribution in [3.05, 3.63) is 48.3 Å². The van der Waals surface area contributed by atoms with Crippen molar-refractivity contribution in [2.45, 2.75) is 53.2 Å². The van der Waals surface area contributed by atoms with Crippen molar-refractivity contribution < 1.29 is 14.6 Å². The van der Waals surface area contributed by atoms with Crippen molar-refractivity contribution in [2.75, 3.05) is 25.1 Å². The Bertz CT molecular complexity index is 1140. The summed E-state index contributed by atoms with van der Waals surface area (Å²) in [5.74, 6) is 2.33. The van der Waals surface area contributed by atoms with Crippen LogP contribution in [0.1, 0.15) is 46.7 Å². The zero-order chi connectivity index (χ0) is 25.6. The number of aliphatic hydroxyl groups excluding tert-OH is 1. The summed E-state index contributed by atoms with van der Waals surface area (Å²) in [5, 5.41) is 10.7. The SMILES string of the molecule is CC1CC(C)CN(c2cccc(-c3ccc4cnc(CNC(=O)OC(C)(C)C)cc4n3)n2)C1.CO. The number of nitrogens with one attached hydrogen (secondary N) is 1. The number of aliphatic hydroxyl groups is 1. The second kappa shape index (κ2) is 11.4. The lowest BCUT2D eigenvalue weighted by atomic mass is 9.92. The van der Waals surface area contributed by atoms with Gasteiger partial charge >= 0.3 is 6.09 Å². The van der Waals surface area contributed by atoms with Gasteiger partial charge in [0.25, 0.3) is 0 Å². The number of aromatic nitrogens is 3. The van der Waals surface area contributed by atoms with E-state index in [4.69, 9.17) is 19.8 Å². The van der Waals surface area contributed by atoms with Crippen LogP contribution in [0.15, 0.2) is 42.6 Å². The number of carbonyl (C=O) groups excluding carboxylic acids is 1. The summed E-state index contributed by atoms with van der Waals surface area (Å²) >= 11 is 0. The number of alkyl carbamates (subject to hydrolysis) is 1. The first-order chi connectivity index (χ1) is 16.7. The lowest BCUT2D eigenvalue weighted by molar-refractivity contribution is 0.0523. The van der Waals surface area contributed by atoms with E-state index in [0.29, 0.717) is 11.8 Å². The van der Waals surface area contributed by atoms with Crippen molar-refractivity contribution >= 4 is 22.8 Å². The zero-order valence-corrected chi connectivity index (χ0v) is 21.6. The molecule has 188 valence electrons. The van der Waals surface area contributed by atoms with Gasteiger partial charge in [-0.05, 0) is 69.4 Å². The number of rotatable bonds is 4. The normalized spacial score (nSPS) is 18.0. The Morgan fingerprint density at radius 3 is 2.46 bits per heavy atom. The summed E-state index contributed by atoms with van der Waals surface area (Å²) in [6.07, 6.45) is 2.58. The monoisotopic (exact) mass is 479 g/mol. The molecule has 1 aliphatic heterocycles. The molecule has 1 saturated heterocycles. The lowest BCUT2D eigenvalue weighted by Gasteiger charge is -2.35. The van der Waals surface area contributed by atoms with E-state index in [1.165, 1.54) is 6.42 Å². The number of anilines is 1. The van der Waals surface area contributed by atoms with Gasteiger partial charge in [0.15, 0.2) is 0 Å². The third-order valence-electron chi connectivity index (χ3n) is 5.63. The fourth-order valence-electron chi connectivity index (χ4n) is 4.37. The molecule has 2 unspecified atom stereocenters. The van der Waals surface area contributed by atoms with E-state index in [1.807, 2.05) is 45.0 Å². The largest absolute Gasteiger partial charge is 0.444 e. The van der Waals surface area contributed by atoms with E-state index >= 15 is 0 Å². The summed E-state index contributed by atoms with van der Waals surface area (Å²) in [5.41, 5.74) is 2.67. The van der Waals surface area contributed by atoms with Gasteiger partial charge in [0, 0.05) is 31.8 Å². The topological polar surface area (TPSA) is 100 Å². The van der Waals surface area contributed by atoms with Gasteiger partial charge < -0.3 is 20.1 Å². The summed E-state index contributed by atoms with van der Waals surface area (Å²) in [6.45, 7) is 12.5. The lowest BCUT2D eigenvalue weighted by Crippen LogP contribution is -2.39. The van der Waals surface area contributed by atoms with Gasteiger partial charge in [0.2, 0.25) is 0 Å². The molecule has 4 rings (SSSR count). The van der Waals surface area contributed by atoms with Crippen LogP contribution in [0, 0.1) is 11.8 Å². The molecule has 8 nitrogen and oxygen atoms in total. The Hall–Kier alpha value is -3.26. The molecular formula is C27H37N5O3. The van der Waals surface area contributed by atoms with Crippen molar-refractivity contribution in [3.63, 3.8) is 0 Å². The summed E-state index contributed by atoms with van der Waals surface area (Å²) in [6, 6.07) is 12.0. The molecule has 0 spiro atoms. The number of carbonyl (C=O) groups is 1. The van der Waals surface area contributed by atoms with E-state index in [1.54, 1.807) is 6.20 Å². The second-order valence-electron chi connectivity index (χ2n) is 10.2. The third-order valence-corrected chi connectivity index (χ3v) is 5.63. The molecule has 1 amide bonds. The molecule has 4 heterocycles. The van der Waals surface area contributed by atoms with Crippen LogP contribution < -0.4 is 10.2 Å². The highest BCUT2D eigenvalue weighted by atomic mass is 16.6. The molecule has 1 aliphatic rings. The minimum absolute atomic E-state index is 0.274. The molecule has 8 heteroatoms.